The van der Waals surface area contributed by atoms with Crippen LogP contribution in [-0.2, 0) is 11.2 Å². The van der Waals surface area contributed by atoms with Crippen molar-refractivity contribution in [1.82, 2.24) is 5.32 Å². The van der Waals surface area contributed by atoms with Gasteiger partial charge in [0.25, 0.3) is 0 Å². The van der Waals surface area contributed by atoms with Crippen LogP contribution >= 0.6 is 0 Å². The highest BCUT2D eigenvalue weighted by Crippen LogP contribution is 2.18. The van der Waals surface area contributed by atoms with Crippen LogP contribution in [0, 0.1) is 5.92 Å². The van der Waals surface area contributed by atoms with Crippen molar-refractivity contribution in [3.05, 3.63) is 48.0 Å². The molecule has 0 spiro atoms. The van der Waals surface area contributed by atoms with Gasteiger partial charge in [-0.3, -0.25) is 4.79 Å². The van der Waals surface area contributed by atoms with Gasteiger partial charge in [0.05, 0.1) is 12.1 Å². The van der Waals surface area contributed by atoms with Gasteiger partial charge in [0.1, 0.15) is 0 Å². The smallest absolute Gasteiger partial charge is 0.223 e. The number of hydrogen-bond acceptors (Lipinski definition) is 3. The largest absolute Gasteiger partial charge is 0.391 e. The molecule has 4 nitrogen and oxygen atoms in total. The second-order valence-electron chi connectivity index (χ2n) is 6.91. The van der Waals surface area contributed by atoms with E-state index in [0.29, 0.717) is 13.0 Å². The number of amides is 1. The maximum absolute atomic E-state index is 12.4. The summed E-state index contributed by atoms with van der Waals surface area (Å²) in [6.45, 7) is 4.22. The lowest BCUT2D eigenvalue weighted by Gasteiger charge is -2.23. The van der Waals surface area contributed by atoms with Crippen molar-refractivity contribution < 1.29 is 9.90 Å². The van der Waals surface area contributed by atoms with Crippen molar-refractivity contribution in [1.29, 1.82) is 0 Å². The molecular weight excluding hydrogens is 312 g/mol. The van der Waals surface area contributed by atoms with Crippen LogP contribution in [0.15, 0.2) is 42.5 Å². The lowest BCUT2D eigenvalue weighted by molar-refractivity contribution is -0.126. The zero-order valence-corrected chi connectivity index (χ0v) is 15.2. The van der Waals surface area contributed by atoms with E-state index in [4.69, 9.17) is 5.73 Å². The first-order valence-corrected chi connectivity index (χ1v) is 9.17. The summed E-state index contributed by atoms with van der Waals surface area (Å²) in [7, 11) is 0. The van der Waals surface area contributed by atoms with Crippen molar-refractivity contribution in [3.8, 4) is 0 Å². The molecule has 2 aromatic rings. The molecular formula is C21H30N2O2. The maximum Gasteiger partial charge on any atom is 0.223 e. The number of carbonyl (C=O) groups excluding carboxylic acids is 1. The second kappa shape index (κ2) is 9.54. The van der Waals surface area contributed by atoms with Crippen molar-refractivity contribution in [3.63, 3.8) is 0 Å². The molecule has 0 saturated heterocycles. The molecule has 3 atom stereocenters. The molecule has 0 aliphatic carbocycles. The molecule has 1 unspecified atom stereocenters. The Morgan fingerprint density at radius 2 is 1.84 bits per heavy atom. The van der Waals surface area contributed by atoms with Gasteiger partial charge < -0.3 is 16.2 Å². The third kappa shape index (κ3) is 5.83. The summed E-state index contributed by atoms with van der Waals surface area (Å²) in [6.07, 6.45) is 2.58. The van der Waals surface area contributed by atoms with E-state index in [1.807, 2.05) is 19.1 Å². The van der Waals surface area contributed by atoms with E-state index in [1.165, 1.54) is 16.3 Å². The molecule has 2 rings (SSSR count). The van der Waals surface area contributed by atoms with Gasteiger partial charge in [0.15, 0.2) is 0 Å². The second-order valence-corrected chi connectivity index (χ2v) is 6.91. The van der Waals surface area contributed by atoms with E-state index >= 15 is 0 Å². The van der Waals surface area contributed by atoms with E-state index in [-0.39, 0.29) is 17.9 Å². The summed E-state index contributed by atoms with van der Waals surface area (Å²) in [5.74, 6) is -0.0886. The first kappa shape index (κ1) is 19.4. The minimum Gasteiger partial charge on any atom is -0.391 e. The van der Waals surface area contributed by atoms with Crippen LogP contribution in [0.5, 0.6) is 0 Å². The maximum atomic E-state index is 12.4. The molecule has 25 heavy (non-hydrogen) atoms. The van der Waals surface area contributed by atoms with E-state index in [9.17, 15) is 9.90 Å². The number of nitrogens with two attached hydrogens (primary N) is 1. The van der Waals surface area contributed by atoms with Gasteiger partial charge in [-0.2, -0.15) is 0 Å². The van der Waals surface area contributed by atoms with Gasteiger partial charge >= 0.3 is 0 Å². The number of nitrogens with one attached hydrogen (secondary N) is 1. The Bertz CT molecular complexity index is 684. The van der Waals surface area contributed by atoms with Crippen LogP contribution in [0.1, 0.15) is 38.7 Å². The molecule has 0 radical (unpaired) electrons. The Morgan fingerprint density at radius 3 is 2.52 bits per heavy atom. The Kier molecular flexibility index (Phi) is 7.41. The zero-order chi connectivity index (χ0) is 18.2. The van der Waals surface area contributed by atoms with Gasteiger partial charge in [-0.1, -0.05) is 49.4 Å². The minimum absolute atomic E-state index is 0.00344. The molecule has 4 heteroatoms. The van der Waals surface area contributed by atoms with Crippen LogP contribution in [0.25, 0.3) is 10.8 Å². The summed E-state index contributed by atoms with van der Waals surface area (Å²) in [5, 5.41) is 15.3. The fourth-order valence-electron chi connectivity index (χ4n) is 3.01. The predicted molar refractivity (Wildman–Crippen MR) is 103 cm³/mol. The highest BCUT2D eigenvalue weighted by atomic mass is 16.3. The van der Waals surface area contributed by atoms with Gasteiger partial charge in [-0.05, 0) is 55.5 Å². The standard InChI is InChI=1S/C21H30N2O2/c1-15(21(25)23-20(16(2)24)8-5-13-22)9-10-17-11-12-18-6-3-4-7-19(18)14-17/h3-4,6-7,11-12,14-16,20,24H,5,8-10,13,22H2,1-2H3,(H,23,25)/t15-,16?,20-/m0/s1. The Hall–Kier alpha value is -1.91. The molecule has 1 amide bonds. The Balaban J connectivity index is 1.89. The zero-order valence-electron chi connectivity index (χ0n) is 15.2. The number of aliphatic hydroxyl groups is 1. The number of aliphatic hydroxyl groups excluding tert-OH is 1. The van der Waals surface area contributed by atoms with Crippen LogP contribution < -0.4 is 11.1 Å². The van der Waals surface area contributed by atoms with Gasteiger partial charge in [-0.15, -0.1) is 0 Å². The fourth-order valence-corrected chi connectivity index (χ4v) is 3.01. The average molecular weight is 342 g/mol. The summed E-state index contributed by atoms with van der Waals surface area (Å²) >= 11 is 0. The molecule has 0 fully saturated rings. The topological polar surface area (TPSA) is 75.3 Å². The number of fused-ring (bicyclic) bond motifs is 1. The van der Waals surface area contributed by atoms with Crippen molar-refractivity contribution in [2.45, 2.75) is 51.7 Å². The van der Waals surface area contributed by atoms with Crippen LogP contribution in [0.3, 0.4) is 0 Å². The number of aryl methyl sites for hydroxylation is 1. The molecule has 0 aliphatic rings. The minimum atomic E-state index is -0.566. The van der Waals surface area contributed by atoms with Crippen molar-refractivity contribution in [2.24, 2.45) is 11.7 Å². The van der Waals surface area contributed by atoms with Crippen LogP contribution in [0.2, 0.25) is 0 Å². The fraction of sp³-hybridized carbons (Fsp3) is 0.476. The number of carbonyl (C=O) groups is 1. The average Bonchev–Trinajstić information content (AvgIpc) is 2.62. The lowest BCUT2D eigenvalue weighted by atomic mass is 9.97. The molecule has 0 saturated carbocycles. The van der Waals surface area contributed by atoms with Crippen molar-refractivity contribution in [2.75, 3.05) is 6.54 Å². The summed E-state index contributed by atoms with van der Waals surface area (Å²) in [5.41, 5.74) is 6.77. The van der Waals surface area contributed by atoms with E-state index < -0.39 is 6.10 Å². The normalized spacial score (nSPS) is 14.9. The van der Waals surface area contributed by atoms with Crippen LogP contribution in [0.4, 0.5) is 0 Å². The van der Waals surface area contributed by atoms with Gasteiger partial charge in [0, 0.05) is 5.92 Å². The molecule has 136 valence electrons. The van der Waals surface area contributed by atoms with E-state index in [0.717, 1.165) is 19.3 Å². The number of benzene rings is 2. The van der Waals surface area contributed by atoms with E-state index in [1.54, 1.807) is 6.92 Å². The molecule has 0 heterocycles. The first-order chi connectivity index (χ1) is 12.0. The summed E-state index contributed by atoms with van der Waals surface area (Å²) in [6, 6.07) is 14.5. The quantitative estimate of drug-likeness (QED) is 0.656. The molecule has 0 aromatic heterocycles. The van der Waals surface area contributed by atoms with E-state index in [2.05, 4.69) is 35.6 Å². The molecule has 0 bridgehead atoms. The lowest BCUT2D eigenvalue weighted by Crippen LogP contribution is -2.44. The predicted octanol–water partition coefficient (Wildman–Crippen LogP) is 3.01. The number of rotatable bonds is 9. The molecule has 2 aromatic carbocycles. The third-order valence-electron chi connectivity index (χ3n) is 4.76. The SMILES string of the molecule is CC(O)[C@H](CCCN)NC(=O)[C@@H](C)CCc1ccc2ccccc2c1. The number of hydrogen-bond donors (Lipinski definition) is 3. The van der Waals surface area contributed by atoms with Crippen molar-refractivity contribution >= 4 is 16.7 Å². The van der Waals surface area contributed by atoms with Gasteiger partial charge in [0.2, 0.25) is 5.91 Å². The Labute approximate surface area is 150 Å². The summed E-state index contributed by atoms with van der Waals surface area (Å²) in [4.78, 5) is 12.4. The third-order valence-corrected chi connectivity index (χ3v) is 4.76. The monoisotopic (exact) mass is 342 g/mol. The molecule has 0 aliphatic heterocycles. The van der Waals surface area contributed by atoms with Crippen LogP contribution in [-0.4, -0.2) is 29.7 Å². The van der Waals surface area contributed by atoms with Gasteiger partial charge in [-0.25, -0.2) is 0 Å². The summed E-state index contributed by atoms with van der Waals surface area (Å²) < 4.78 is 0. The highest BCUT2D eigenvalue weighted by molar-refractivity contribution is 5.83. The first-order valence-electron chi connectivity index (χ1n) is 9.17. The Morgan fingerprint density at radius 1 is 1.12 bits per heavy atom. The highest BCUT2D eigenvalue weighted by Gasteiger charge is 2.20. The molecule has 4 N–H and O–H groups in total.